The van der Waals surface area contributed by atoms with E-state index in [0.717, 1.165) is 45.6 Å². The smallest absolute Gasteiger partial charge is 0.303 e. The van der Waals surface area contributed by atoms with Gasteiger partial charge in [0.15, 0.2) is 0 Å². The summed E-state index contributed by atoms with van der Waals surface area (Å²) in [5.74, 6) is -0.714. The van der Waals surface area contributed by atoms with Crippen LogP contribution < -0.4 is 0 Å². The Hall–Kier alpha value is -0.650. The minimum absolute atomic E-state index is 0.217. The van der Waals surface area contributed by atoms with Crippen LogP contribution in [0.15, 0.2) is 0 Å². The van der Waals surface area contributed by atoms with Gasteiger partial charge >= 0.3 is 5.97 Å². The summed E-state index contributed by atoms with van der Waals surface area (Å²) in [6.07, 6.45) is 2.06. The predicted molar refractivity (Wildman–Crippen MR) is 66.0 cm³/mol. The number of carbonyl (C=O) groups is 1. The summed E-state index contributed by atoms with van der Waals surface area (Å²) in [7, 11) is 0. The van der Waals surface area contributed by atoms with Crippen molar-refractivity contribution in [3.8, 4) is 0 Å². The topological polar surface area (TPSA) is 64.0 Å². The molecule has 1 aliphatic rings. The largest absolute Gasteiger partial charge is 0.481 e. The first-order chi connectivity index (χ1) is 8.13. The molecular weight excluding hydrogens is 220 g/mol. The van der Waals surface area contributed by atoms with Gasteiger partial charge in [0.2, 0.25) is 0 Å². The minimum Gasteiger partial charge on any atom is -0.481 e. The molecule has 0 spiro atoms. The Morgan fingerprint density at radius 1 is 1.29 bits per heavy atom. The third-order valence-electron chi connectivity index (χ3n) is 3.44. The van der Waals surface area contributed by atoms with E-state index < -0.39 is 5.97 Å². The van der Waals surface area contributed by atoms with Gasteiger partial charge in [-0.05, 0) is 32.9 Å². The number of rotatable bonds is 6. The van der Waals surface area contributed by atoms with E-state index in [-0.39, 0.29) is 13.0 Å². The molecule has 5 nitrogen and oxygen atoms in total. The molecule has 5 heteroatoms. The van der Waals surface area contributed by atoms with E-state index in [1.165, 1.54) is 0 Å². The Morgan fingerprint density at radius 3 is 2.71 bits per heavy atom. The van der Waals surface area contributed by atoms with Crippen molar-refractivity contribution in [2.24, 2.45) is 0 Å². The molecule has 1 unspecified atom stereocenters. The second-order valence-corrected chi connectivity index (χ2v) is 4.74. The fourth-order valence-electron chi connectivity index (χ4n) is 2.31. The number of carboxylic acids is 1. The molecule has 0 aliphatic carbocycles. The van der Waals surface area contributed by atoms with Crippen molar-refractivity contribution < 1.29 is 15.0 Å². The molecule has 1 atom stereocenters. The second-order valence-electron chi connectivity index (χ2n) is 4.74. The minimum atomic E-state index is -0.714. The maximum Gasteiger partial charge on any atom is 0.303 e. The monoisotopic (exact) mass is 244 g/mol. The van der Waals surface area contributed by atoms with Crippen LogP contribution in [0.2, 0.25) is 0 Å². The zero-order valence-electron chi connectivity index (χ0n) is 10.6. The molecule has 1 rings (SSSR count). The van der Waals surface area contributed by atoms with E-state index in [1.807, 2.05) is 0 Å². The number of aliphatic carboxylic acids is 1. The number of aliphatic hydroxyl groups excluding tert-OH is 1. The molecule has 17 heavy (non-hydrogen) atoms. The maximum atomic E-state index is 10.5. The second kappa shape index (κ2) is 7.63. The third kappa shape index (κ3) is 5.48. The number of aliphatic hydroxyl groups is 1. The van der Waals surface area contributed by atoms with Crippen molar-refractivity contribution in [1.29, 1.82) is 0 Å². The molecule has 0 aromatic heterocycles. The van der Waals surface area contributed by atoms with Crippen molar-refractivity contribution in [3.05, 3.63) is 0 Å². The molecule has 1 aliphatic heterocycles. The van der Waals surface area contributed by atoms with E-state index in [4.69, 9.17) is 10.2 Å². The van der Waals surface area contributed by atoms with Gasteiger partial charge in [0, 0.05) is 32.1 Å². The van der Waals surface area contributed by atoms with Crippen LogP contribution in [0.5, 0.6) is 0 Å². The standard InChI is InChI=1S/C12H24N2O3/c1-11(3-4-12(16)17)14-6-2-5-13(7-8-14)9-10-15/h11,15H,2-10H2,1H3,(H,16,17). The average Bonchev–Trinajstić information content (AvgIpc) is 2.52. The molecular formula is C12H24N2O3. The van der Waals surface area contributed by atoms with E-state index in [1.54, 1.807) is 0 Å². The molecule has 1 fully saturated rings. The maximum absolute atomic E-state index is 10.5. The van der Waals surface area contributed by atoms with Gasteiger partial charge in [-0.15, -0.1) is 0 Å². The lowest BCUT2D eigenvalue weighted by molar-refractivity contribution is -0.137. The zero-order valence-corrected chi connectivity index (χ0v) is 10.6. The van der Waals surface area contributed by atoms with Gasteiger partial charge in [-0.1, -0.05) is 0 Å². The predicted octanol–water partition coefficient (Wildman–Crippen LogP) is 0.240. The summed E-state index contributed by atoms with van der Waals surface area (Å²) < 4.78 is 0. The van der Waals surface area contributed by atoms with Crippen molar-refractivity contribution >= 4 is 5.97 Å². The van der Waals surface area contributed by atoms with Gasteiger partial charge in [-0.25, -0.2) is 0 Å². The fourth-order valence-corrected chi connectivity index (χ4v) is 2.31. The van der Waals surface area contributed by atoms with E-state index in [2.05, 4.69) is 16.7 Å². The van der Waals surface area contributed by atoms with Crippen LogP contribution in [0.3, 0.4) is 0 Å². The summed E-state index contributed by atoms with van der Waals surface area (Å²) >= 11 is 0. The van der Waals surface area contributed by atoms with Crippen LogP contribution >= 0.6 is 0 Å². The van der Waals surface area contributed by atoms with Gasteiger partial charge < -0.3 is 10.2 Å². The number of β-amino-alcohol motifs (C(OH)–C–C–N with tert-alkyl or cyclic N) is 1. The zero-order chi connectivity index (χ0) is 12.7. The van der Waals surface area contributed by atoms with Crippen LogP contribution in [0.1, 0.15) is 26.2 Å². The van der Waals surface area contributed by atoms with Gasteiger partial charge in [0.05, 0.1) is 6.61 Å². The Bertz CT molecular complexity index is 236. The summed E-state index contributed by atoms with van der Waals surface area (Å²) in [5.41, 5.74) is 0. The van der Waals surface area contributed by atoms with Crippen molar-refractivity contribution in [3.63, 3.8) is 0 Å². The first kappa shape index (κ1) is 14.4. The summed E-state index contributed by atoms with van der Waals surface area (Å²) in [6, 6.07) is 0.333. The van der Waals surface area contributed by atoms with Gasteiger partial charge in [0.25, 0.3) is 0 Å². The normalized spacial score (nSPS) is 21.1. The van der Waals surface area contributed by atoms with E-state index in [0.29, 0.717) is 6.04 Å². The van der Waals surface area contributed by atoms with Crippen LogP contribution in [0.4, 0.5) is 0 Å². The van der Waals surface area contributed by atoms with Crippen LogP contribution in [0.25, 0.3) is 0 Å². The quantitative estimate of drug-likeness (QED) is 0.701. The van der Waals surface area contributed by atoms with E-state index >= 15 is 0 Å². The Balaban J connectivity index is 2.31. The first-order valence-electron chi connectivity index (χ1n) is 6.42. The Kier molecular flexibility index (Phi) is 6.47. The average molecular weight is 244 g/mol. The molecule has 1 heterocycles. The lowest BCUT2D eigenvalue weighted by atomic mass is 10.1. The fraction of sp³-hybridized carbons (Fsp3) is 0.917. The molecule has 0 aromatic rings. The van der Waals surface area contributed by atoms with Gasteiger partial charge in [-0.2, -0.15) is 0 Å². The van der Waals surface area contributed by atoms with E-state index in [9.17, 15) is 4.79 Å². The highest BCUT2D eigenvalue weighted by molar-refractivity contribution is 5.66. The molecule has 0 amide bonds. The van der Waals surface area contributed by atoms with Crippen LogP contribution in [-0.4, -0.2) is 71.4 Å². The van der Waals surface area contributed by atoms with Crippen molar-refractivity contribution in [2.75, 3.05) is 39.3 Å². The summed E-state index contributed by atoms with van der Waals surface area (Å²) in [6.45, 7) is 7.07. The number of carboxylic acid groups (broad SMARTS) is 1. The lowest BCUT2D eigenvalue weighted by Gasteiger charge is -2.27. The Labute approximate surface area is 103 Å². The summed E-state index contributed by atoms with van der Waals surface area (Å²) in [5, 5.41) is 17.6. The summed E-state index contributed by atoms with van der Waals surface area (Å²) in [4.78, 5) is 15.2. The number of nitrogens with zero attached hydrogens (tertiary/aromatic N) is 2. The SMILES string of the molecule is CC(CCC(=O)O)N1CCCN(CCO)CC1. The lowest BCUT2D eigenvalue weighted by Crippen LogP contribution is -2.37. The Morgan fingerprint density at radius 2 is 2.06 bits per heavy atom. The number of hydrogen-bond donors (Lipinski definition) is 2. The van der Waals surface area contributed by atoms with Crippen molar-refractivity contribution in [1.82, 2.24) is 9.80 Å². The molecule has 0 radical (unpaired) electrons. The number of hydrogen-bond acceptors (Lipinski definition) is 4. The van der Waals surface area contributed by atoms with Gasteiger partial charge in [-0.3, -0.25) is 14.6 Å². The molecule has 0 saturated carbocycles. The van der Waals surface area contributed by atoms with Crippen molar-refractivity contribution in [2.45, 2.75) is 32.2 Å². The third-order valence-corrected chi connectivity index (χ3v) is 3.44. The first-order valence-corrected chi connectivity index (χ1v) is 6.42. The molecule has 0 aromatic carbocycles. The highest BCUT2D eigenvalue weighted by atomic mass is 16.4. The molecule has 1 saturated heterocycles. The van der Waals surface area contributed by atoms with Gasteiger partial charge in [0.1, 0.15) is 0 Å². The molecule has 2 N–H and O–H groups in total. The molecule has 100 valence electrons. The van der Waals surface area contributed by atoms with Crippen LogP contribution in [0, 0.1) is 0 Å². The highest BCUT2D eigenvalue weighted by Gasteiger charge is 2.19. The molecule has 0 bridgehead atoms. The van der Waals surface area contributed by atoms with Crippen LogP contribution in [-0.2, 0) is 4.79 Å². The highest BCUT2D eigenvalue weighted by Crippen LogP contribution is 2.11.